The molecule has 34 heavy (non-hydrogen) atoms. The van der Waals surface area contributed by atoms with E-state index in [4.69, 9.17) is 9.84 Å². The van der Waals surface area contributed by atoms with Crippen molar-refractivity contribution in [2.45, 2.75) is 83.3 Å². The Morgan fingerprint density at radius 1 is 1.15 bits per heavy atom. The third-order valence-corrected chi connectivity index (χ3v) is 7.49. The average molecular weight is 488 g/mol. The van der Waals surface area contributed by atoms with Crippen LogP contribution in [-0.4, -0.2) is 41.3 Å². The van der Waals surface area contributed by atoms with Gasteiger partial charge < -0.3 is 19.8 Å². The molecule has 1 fully saturated rings. The molecule has 2 aromatic rings. The number of aliphatic hydroxyl groups excluding tert-OH is 2. The van der Waals surface area contributed by atoms with Gasteiger partial charge in [-0.1, -0.05) is 44.7 Å². The summed E-state index contributed by atoms with van der Waals surface area (Å²) in [5.41, 5.74) is 1.81. The van der Waals surface area contributed by atoms with E-state index in [1.165, 1.54) is 24.2 Å². The van der Waals surface area contributed by atoms with Crippen LogP contribution in [0.1, 0.15) is 90.9 Å². The Labute approximate surface area is 206 Å². The summed E-state index contributed by atoms with van der Waals surface area (Å²) in [7, 11) is 0. The third kappa shape index (κ3) is 7.39. The Bertz CT molecular complexity index is 910. The van der Waals surface area contributed by atoms with Crippen LogP contribution in [0.2, 0.25) is 0 Å². The zero-order chi connectivity index (χ0) is 24.3. The number of esters is 1. The highest BCUT2D eigenvalue weighted by molar-refractivity contribution is 7.13. The first-order valence-corrected chi connectivity index (χ1v) is 13.3. The van der Waals surface area contributed by atoms with E-state index in [1.54, 1.807) is 6.07 Å². The summed E-state index contributed by atoms with van der Waals surface area (Å²) in [5.74, 6) is -0.240. The number of unbranched alkanes of at least 4 members (excludes halogenated alkanes) is 3. The molecule has 186 valence electrons. The lowest BCUT2D eigenvalue weighted by molar-refractivity contribution is -0.117. The van der Waals surface area contributed by atoms with Crippen molar-refractivity contribution in [3.63, 3.8) is 0 Å². The summed E-state index contributed by atoms with van der Waals surface area (Å²) in [6, 6.07) is 11.7. The van der Waals surface area contributed by atoms with Crippen LogP contribution in [0.15, 0.2) is 36.4 Å². The van der Waals surface area contributed by atoms with E-state index in [9.17, 15) is 14.7 Å². The van der Waals surface area contributed by atoms with E-state index in [0.717, 1.165) is 61.1 Å². The van der Waals surface area contributed by atoms with Crippen LogP contribution in [0.5, 0.6) is 0 Å². The van der Waals surface area contributed by atoms with Crippen LogP contribution in [0.25, 0.3) is 0 Å². The van der Waals surface area contributed by atoms with Gasteiger partial charge in [-0.3, -0.25) is 4.79 Å². The lowest BCUT2D eigenvalue weighted by Crippen LogP contribution is -2.32. The van der Waals surface area contributed by atoms with Gasteiger partial charge in [-0.15, -0.1) is 11.3 Å². The molecule has 0 bridgehead atoms. The Morgan fingerprint density at radius 3 is 2.68 bits per heavy atom. The fraction of sp³-hybridized carbons (Fsp3) is 0.556. The maximum Gasteiger partial charge on any atom is 0.348 e. The zero-order valence-electron chi connectivity index (χ0n) is 20.1. The first-order valence-electron chi connectivity index (χ1n) is 12.5. The average Bonchev–Trinajstić information content (AvgIpc) is 3.47. The highest BCUT2D eigenvalue weighted by Gasteiger charge is 2.31. The van der Waals surface area contributed by atoms with E-state index in [-0.39, 0.29) is 25.2 Å². The zero-order valence-corrected chi connectivity index (χ0v) is 20.9. The molecule has 0 aliphatic carbocycles. The molecule has 2 heterocycles. The number of hydrogen-bond acceptors (Lipinski definition) is 6. The Balaban J connectivity index is 1.51. The molecule has 2 unspecified atom stereocenters. The van der Waals surface area contributed by atoms with Crippen LogP contribution in [0, 0.1) is 0 Å². The second-order valence-corrected chi connectivity index (χ2v) is 10.1. The monoisotopic (exact) mass is 487 g/mol. The van der Waals surface area contributed by atoms with Crippen LogP contribution in [0.3, 0.4) is 0 Å². The standard InChI is InChI=1S/C27H37NO5S/c1-2-3-4-5-9-24(30)20-10-12-22(13-11-20)28-21(14-17-26(28)31)7-6-8-23-15-16-25(34-23)27(32)33-19-18-29/h10-13,15-16,21,24,29-30H,2-9,14,17-19H2,1H3. The van der Waals surface area contributed by atoms with Gasteiger partial charge in [0, 0.05) is 23.0 Å². The number of rotatable bonds is 14. The maximum atomic E-state index is 12.6. The number of amides is 1. The van der Waals surface area contributed by atoms with Crippen LogP contribution in [0.4, 0.5) is 5.69 Å². The first kappa shape index (κ1) is 26.4. The van der Waals surface area contributed by atoms with Crippen LogP contribution < -0.4 is 4.90 Å². The molecule has 7 heteroatoms. The molecule has 2 atom stereocenters. The van der Waals surface area contributed by atoms with Crippen molar-refractivity contribution in [2.24, 2.45) is 0 Å². The molecule has 1 aromatic carbocycles. The molecular formula is C27H37NO5S. The fourth-order valence-corrected chi connectivity index (χ4v) is 5.45. The Kier molecular flexibility index (Phi) is 10.6. The summed E-state index contributed by atoms with van der Waals surface area (Å²) in [4.78, 5) is 28.1. The Morgan fingerprint density at radius 2 is 1.94 bits per heavy atom. The minimum Gasteiger partial charge on any atom is -0.459 e. The van der Waals surface area contributed by atoms with Gasteiger partial charge in [-0.05, 0) is 61.9 Å². The normalized spacial score (nSPS) is 16.7. The van der Waals surface area contributed by atoms with Gasteiger partial charge in [0.1, 0.15) is 11.5 Å². The van der Waals surface area contributed by atoms with E-state index in [0.29, 0.717) is 11.3 Å². The Hall–Kier alpha value is -2.22. The van der Waals surface area contributed by atoms with E-state index in [1.807, 2.05) is 35.2 Å². The molecule has 2 N–H and O–H groups in total. The van der Waals surface area contributed by atoms with E-state index >= 15 is 0 Å². The third-order valence-electron chi connectivity index (χ3n) is 6.36. The number of thiophene rings is 1. The highest BCUT2D eigenvalue weighted by atomic mass is 32.1. The molecule has 1 aromatic heterocycles. The predicted octanol–water partition coefficient (Wildman–Crippen LogP) is 5.42. The predicted molar refractivity (Wildman–Crippen MR) is 135 cm³/mol. The van der Waals surface area contributed by atoms with Crippen molar-refractivity contribution < 1.29 is 24.5 Å². The topological polar surface area (TPSA) is 87.1 Å². The summed E-state index contributed by atoms with van der Waals surface area (Å²) in [6.07, 6.45) is 8.97. The molecule has 1 aliphatic rings. The summed E-state index contributed by atoms with van der Waals surface area (Å²) in [6.45, 7) is 2.01. The van der Waals surface area contributed by atoms with Crippen molar-refractivity contribution in [1.29, 1.82) is 0 Å². The fourth-order valence-electron chi connectivity index (χ4n) is 4.50. The molecule has 0 spiro atoms. The lowest BCUT2D eigenvalue weighted by Gasteiger charge is -2.25. The summed E-state index contributed by atoms with van der Waals surface area (Å²) < 4.78 is 4.96. The van der Waals surface area contributed by atoms with E-state index in [2.05, 4.69) is 6.92 Å². The number of anilines is 1. The molecule has 1 saturated heterocycles. The number of ether oxygens (including phenoxy) is 1. The van der Waals surface area contributed by atoms with Gasteiger partial charge >= 0.3 is 5.97 Å². The van der Waals surface area contributed by atoms with Gasteiger partial charge in [0.15, 0.2) is 0 Å². The van der Waals surface area contributed by atoms with Crippen molar-refractivity contribution in [2.75, 3.05) is 18.1 Å². The van der Waals surface area contributed by atoms with Crippen molar-refractivity contribution >= 4 is 28.9 Å². The number of benzene rings is 1. The highest BCUT2D eigenvalue weighted by Crippen LogP contribution is 2.31. The van der Waals surface area contributed by atoms with Crippen molar-refractivity contribution in [1.82, 2.24) is 0 Å². The van der Waals surface area contributed by atoms with Gasteiger partial charge in [0.2, 0.25) is 5.91 Å². The van der Waals surface area contributed by atoms with Gasteiger partial charge in [-0.2, -0.15) is 0 Å². The SMILES string of the molecule is CCCCCCC(O)c1ccc(N2C(=O)CCC2CCCc2ccc(C(=O)OCCO)s2)cc1. The number of aryl methyl sites for hydroxylation is 1. The number of carbonyl (C=O) groups is 2. The summed E-state index contributed by atoms with van der Waals surface area (Å²) in [5, 5.41) is 19.2. The molecule has 0 saturated carbocycles. The molecule has 6 nitrogen and oxygen atoms in total. The molecule has 1 amide bonds. The maximum absolute atomic E-state index is 12.6. The van der Waals surface area contributed by atoms with Gasteiger partial charge in [-0.25, -0.2) is 4.79 Å². The second-order valence-electron chi connectivity index (χ2n) is 8.93. The number of nitrogens with zero attached hydrogens (tertiary/aromatic N) is 1. The second kappa shape index (κ2) is 13.6. The first-order chi connectivity index (χ1) is 16.5. The van der Waals surface area contributed by atoms with Crippen molar-refractivity contribution in [3.8, 4) is 0 Å². The number of aliphatic hydroxyl groups is 2. The van der Waals surface area contributed by atoms with Gasteiger partial charge in [0.25, 0.3) is 0 Å². The largest absolute Gasteiger partial charge is 0.459 e. The minimum atomic E-state index is -0.451. The summed E-state index contributed by atoms with van der Waals surface area (Å²) >= 11 is 1.42. The molecular weight excluding hydrogens is 450 g/mol. The number of hydrogen-bond donors (Lipinski definition) is 2. The van der Waals surface area contributed by atoms with E-state index < -0.39 is 12.1 Å². The van der Waals surface area contributed by atoms with Gasteiger partial charge in [0.05, 0.1) is 12.7 Å². The minimum absolute atomic E-state index is 0.0104. The molecule has 3 rings (SSSR count). The molecule has 0 radical (unpaired) electrons. The van der Waals surface area contributed by atoms with Crippen molar-refractivity contribution in [3.05, 3.63) is 51.7 Å². The van der Waals surface area contributed by atoms with Crippen LogP contribution in [-0.2, 0) is 16.0 Å². The lowest BCUT2D eigenvalue weighted by atomic mass is 10.0. The smallest absolute Gasteiger partial charge is 0.348 e. The quantitative estimate of drug-likeness (QED) is 0.274. The number of carbonyl (C=O) groups excluding carboxylic acids is 2. The molecule has 1 aliphatic heterocycles. The van der Waals surface area contributed by atoms with Crippen LogP contribution >= 0.6 is 11.3 Å².